The van der Waals surface area contributed by atoms with Gasteiger partial charge in [-0.25, -0.2) is 0 Å². The van der Waals surface area contributed by atoms with Crippen molar-refractivity contribution in [2.45, 2.75) is 12.8 Å². The topological polar surface area (TPSA) is 4.93 Å². The van der Waals surface area contributed by atoms with Crippen molar-refractivity contribution in [2.75, 3.05) is 0 Å². The molecule has 0 N–H and O–H groups in total. The van der Waals surface area contributed by atoms with E-state index in [9.17, 15) is 0 Å². The first-order valence-corrected chi connectivity index (χ1v) is 13.8. The zero-order valence-corrected chi connectivity index (χ0v) is 21.5. The minimum atomic E-state index is 0.971. The smallest absolute Gasteiger partial charge is 0.0541 e. The maximum absolute atomic E-state index is 2.44. The normalized spacial score (nSPS) is 12.9. The summed E-state index contributed by atoms with van der Waals surface area (Å²) < 4.78 is 2.42. The van der Waals surface area contributed by atoms with Crippen molar-refractivity contribution in [1.82, 2.24) is 4.57 Å². The third kappa shape index (κ3) is 2.96. The Morgan fingerprint density at radius 3 is 1.85 bits per heavy atom. The summed E-state index contributed by atoms with van der Waals surface area (Å²) in [6.07, 6.45) is 1.99. The fraction of sp³-hybridized carbons (Fsp3) is 0.0526. The zero-order valence-electron chi connectivity index (χ0n) is 21.5. The summed E-state index contributed by atoms with van der Waals surface area (Å²) >= 11 is 0. The minimum Gasteiger partial charge on any atom is -0.309 e. The van der Waals surface area contributed by atoms with Gasteiger partial charge in [-0.2, -0.15) is 0 Å². The van der Waals surface area contributed by atoms with Crippen LogP contribution in [0.3, 0.4) is 0 Å². The summed E-state index contributed by atoms with van der Waals surface area (Å²) in [7, 11) is 0. The first kappa shape index (κ1) is 21.1. The summed E-state index contributed by atoms with van der Waals surface area (Å²) in [4.78, 5) is 0. The van der Waals surface area contributed by atoms with Gasteiger partial charge < -0.3 is 4.57 Å². The Labute approximate surface area is 227 Å². The van der Waals surface area contributed by atoms with Gasteiger partial charge in [0.15, 0.2) is 0 Å². The molecule has 2 aliphatic rings. The van der Waals surface area contributed by atoms with E-state index in [2.05, 4.69) is 132 Å². The second kappa shape index (κ2) is 7.82. The van der Waals surface area contributed by atoms with E-state index in [1.807, 2.05) is 0 Å². The molecular formula is C38H25N. The number of hydrogen-bond donors (Lipinski definition) is 0. The standard InChI is InChI=1S/C38H25N/c1-2-9-29-24(8-1)23-36-30(12-7-13-33(29)36)25-16-18-31-26(20-25)21-27-22-28(17-19-32(27)31)39-37-14-5-3-10-34(37)35-11-4-6-15-38(35)39/h1-20,22H,21,23H2. The lowest BCUT2D eigenvalue weighted by Crippen LogP contribution is -1.95. The molecule has 0 radical (unpaired) electrons. The fourth-order valence-electron chi connectivity index (χ4n) is 7.13. The maximum Gasteiger partial charge on any atom is 0.0541 e. The van der Waals surface area contributed by atoms with E-state index in [0.717, 1.165) is 12.8 Å². The number of rotatable bonds is 2. The Hall–Kier alpha value is -4.88. The van der Waals surface area contributed by atoms with Gasteiger partial charge in [0.05, 0.1) is 11.0 Å². The van der Waals surface area contributed by atoms with Crippen LogP contribution in [0.25, 0.3) is 60.9 Å². The van der Waals surface area contributed by atoms with E-state index < -0.39 is 0 Å². The lowest BCUT2D eigenvalue weighted by atomic mass is 9.93. The number of hydrogen-bond acceptors (Lipinski definition) is 0. The second-order valence-corrected chi connectivity index (χ2v) is 10.9. The predicted molar refractivity (Wildman–Crippen MR) is 163 cm³/mol. The molecule has 0 atom stereocenters. The van der Waals surface area contributed by atoms with E-state index in [0.29, 0.717) is 0 Å². The molecule has 9 rings (SSSR count). The summed E-state index contributed by atoms with van der Waals surface area (Å²) in [5.74, 6) is 0. The van der Waals surface area contributed by atoms with Gasteiger partial charge in [-0.3, -0.25) is 0 Å². The van der Waals surface area contributed by atoms with Crippen LogP contribution in [0.2, 0.25) is 0 Å². The molecule has 1 heterocycles. The highest BCUT2D eigenvalue weighted by atomic mass is 15.0. The SMILES string of the molecule is c1ccc2c(c1)Cc1c(-c3ccc4c(c3)Cc3cc(-n5c6ccccc6c6ccccc65)ccc3-4)cccc1-2. The molecule has 0 spiro atoms. The average Bonchev–Trinajstić information content (AvgIpc) is 3.65. The van der Waals surface area contributed by atoms with E-state index >= 15 is 0 Å². The van der Waals surface area contributed by atoms with Crippen molar-refractivity contribution in [3.63, 3.8) is 0 Å². The van der Waals surface area contributed by atoms with Gasteiger partial charge in [-0.05, 0) is 92.7 Å². The van der Waals surface area contributed by atoms with Crippen LogP contribution in [-0.2, 0) is 12.8 Å². The van der Waals surface area contributed by atoms with Crippen molar-refractivity contribution < 1.29 is 0 Å². The summed E-state index contributed by atoms with van der Waals surface area (Å²) in [6.45, 7) is 0. The van der Waals surface area contributed by atoms with E-state index in [1.54, 1.807) is 0 Å². The van der Waals surface area contributed by atoms with E-state index in [1.165, 1.54) is 83.1 Å². The van der Waals surface area contributed by atoms with Gasteiger partial charge in [0.25, 0.3) is 0 Å². The van der Waals surface area contributed by atoms with E-state index in [-0.39, 0.29) is 0 Å². The lowest BCUT2D eigenvalue weighted by molar-refractivity contribution is 1.16. The molecule has 0 saturated carbocycles. The lowest BCUT2D eigenvalue weighted by Gasteiger charge is -2.11. The Morgan fingerprint density at radius 2 is 1.03 bits per heavy atom. The van der Waals surface area contributed by atoms with Crippen LogP contribution in [0, 0.1) is 0 Å². The molecule has 182 valence electrons. The molecule has 7 aromatic rings. The number of nitrogens with zero attached hydrogens (tertiary/aromatic N) is 1. The van der Waals surface area contributed by atoms with Crippen LogP contribution in [-0.4, -0.2) is 4.57 Å². The zero-order chi connectivity index (χ0) is 25.5. The predicted octanol–water partition coefficient (Wildman–Crippen LogP) is 9.59. The Morgan fingerprint density at radius 1 is 0.410 bits per heavy atom. The quantitative estimate of drug-likeness (QED) is 0.225. The molecule has 0 bridgehead atoms. The van der Waals surface area contributed by atoms with Gasteiger partial charge in [-0.15, -0.1) is 0 Å². The van der Waals surface area contributed by atoms with E-state index in [4.69, 9.17) is 0 Å². The molecule has 0 amide bonds. The first-order chi connectivity index (χ1) is 19.3. The van der Waals surface area contributed by atoms with Crippen molar-refractivity contribution in [1.29, 1.82) is 0 Å². The Bertz CT molecular complexity index is 2070. The Balaban J connectivity index is 1.14. The van der Waals surface area contributed by atoms with Crippen LogP contribution < -0.4 is 0 Å². The number of aromatic nitrogens is 1. The second-order valence-electron chi connectivity index (χ2n) is 10.9. The van der Waals surface area contributed by atoms with Gasteiger partial charge in [0.2, 0.25) is 0 Å². The molecule has 1 heteroatoms. The molecule has 0 fully saturated rings. The molecule has 0 saturated heterocycles. The summed E-state index contributed by atoms with van der Waals surface area (Å²) in [5.41, 5.74) is 17.7. The highest BCUT2D eigenvalue weighted by Crippen LogP contribution is 2.44. The number of para-hydroxylation sites is 2. The fourth-order valence-corrected chi connectivity index (χ4v) is 7.13. The molecule has 6 aromatic carbocycles. The minimum absolute atomic E-state index is 0.971. The largest absolute Gasteiger partial charge is 0.309 e. The average molecular weight is 496 g/mol. The van der Waals surface area contributed by atoms with Gasteiger partial charge >= 0.3 is 0 Å². The molecule has 0 unspecified atom stereocenters. The third-order valence-corrected chi connectivity index (χ3v) is 8.87. The van der Waals surface area contributed by atoms with Crippen molar-refractivity contribution in [3.05, 3.63) is 150 Å². The van der Waals surface area contributed by atoms with Crippen molar-refractivity contribution >= 4 is 21.8 Å². The van der Waals surface area contributed by atoms with Crippen molar-refractivity contribution in [2.24, 2.45) is 0 Å². The van der Waals surface area contributed by atoms with Gasteiger partial charge in [0.1, 0.15) is 0 Å². The van der Waals surface area contributed by atoms with Crippen LogP contribution in [0.15, 0.2) is 127 Å². The van der Waals surface area contributed by atoms with Crippen molar-refractivity contribution in [3.8, 4) is 39.1 Å². The molecule has 1 nitrogen and oxygen atoms in total. The first-order valence-electron chi connectivity index (χ1n) is 13.8. The maximum atomic E-state index is 2.44. The van der Waals surface area contributed by atoms with Crippen LogP contribution in [0.4, 0.5) is 0 Å². The van der Waals surface area contributed by atoms with Crippen LogP contribution in [0.5, 0.6) is 0 Å². The highest BCUT2D eigenvalue weighted by molar-refractivity contribution is 6.09. The monoisotopic (exact) mass is 495 g/mol. The molecule has 2 aliphatic carbocycles. The highest BCUT2D eigenvalue weighted by Gasteiger charge is 2.24. The Kier molecular flexibility index (Phi) is 4.23. The molecule has 1 aromatic heterocycles. The summed E-state index contributed by atoms with van der Waals surface area (Å²) in [5, 5.41) is 2.61. The molecular weight excluding hydrogens is 470 g/mol. The number of fused-ring (bicyclic) bond motifs is 9. The van der Waals surface area contributed by atoms with Gasteiger partial charge in [-0.1, -0.05) is 103 Å². The molecule has 0 aliphatic heterocycles. The van der Waals surface area contributed by atoms with Crippen LogP contribution >= 0.6 is 0 Å². The third-order valence-electron chi connectivity index (χ3n) is 8.87. The molecule has 39 heavy (non-hydrogen) atoms. The van der Waals surface area contributed by atoms with Gasteiger partial charge in [0, 0.05) is 16.5 Å². The number of benzene rings is 6. The van der Waals surface area contributed by atoms with Crippen LogP contribution in [0.1, 0.15) is 22.3 Å². The summed E-state index contributed by atoms with van der Waals surface area (Å²) in [6, 6.07) is 47.3.